The van der Waals surface area contributed by atoms with Crippen molar-refractivity contribution in [3.05, 3.63) is 29.8 Å². The van der Waals surface area contributed by atoms with Crippen LogP contribution in [-0.2, 0) is 0 Å². The number of carbonyl (C=O) groups is 1. The van der Waals surface area contributed by atoms with E-state index < -0.39 is 0 Å². The Morgan fingerprint density at radius 2 is 2.09 bits per heavy atom. The number of anilines is 1. The summed E-state index contributed by atoms with van der Waals surface area (Å²) < 4.78 is 0. The number of urea groups is 1. The van der Waals surface area contributed by atoms with E-state index in [-0.39, 0.29) is 12.6 Å². The topological polar surface area (TPSA) is 64.6 Å². The number of hydrogen-bond donors (Lipinski definition) is 3. The lowest BCUT2D eigenvalue weighted by molar-refractivity contribution is 0.121. The molecule has 0 bridgehead atoms. The number of benzene rings is 1. The first-order valence-corrected chi connectivity index (χ1v) is 8.73. The van der Waals surface area contributed by atoms with Crippen molar-refractivity contribution in [2.24, 2.45) is 5.92 Å². The summed E-state index contributed by atoms with van der Waals surface area (Å²) in [5.74, 6) is 1.01. The molecule has 1 saturated carbocycles. The van der Waals surface area contributed by atoms with E-state index in [1.54, 1.807) is 0 Å². The van der Waals surface area contributed by atoms with Crippen LogP contribution in [0.25, 0.3) is 0 Å². The molecule has 126 valence electrons. The standard InChI is InChI=1S/C18H27N3O2/c22-13-14-4-3-10-21(12-14)11-9-19-18(23)20-17-6-2-1-5-16(17)15-7-8-15/h1-2,5-6,14-15,22H,3-4,7-13H2,(H2,19,20,23)/t14-/m0/s1. The maximum atomic E-state index is 12.1. The Labute approximate surface area is 138 Å². The smallest absolute Gasteiger partial charge is 0.319 e. The van der Waals surface area contributed by atoms with E-state index in [4.69, 9.17) is 0 Å². The van der Waals surface area contributed by atoms with E-state index in [1.807, 2.05) is 18.2 Å². The Bertz CT molecular complexity index is 531. The van der Waals surface area contributed by atoms with Crippen molar-refractivity contribution in [3.8, 4) is 0 Å². The Morgan fingerprint density at radius 1 is 1.26 bits per heavy atom. The fourth-order valence-electron chi connectivity index (χ4n) is 3.36. The molecule has 0 radical (unpaired) electrons. The number of piperidine rings is 1. The van der Waals surface area contributed by atoms with Gasteiger partial charge in [0.15, 0.2) is 0 Å². The number of nitrogens with one attached hydrogen (secondary N) is 2. The second-order valence-electron chi connectivity index (χ2n) is 6.73. The number of amides is 2. The summed E-state index contributed by atoms with van der Waals surface area (Å²) in [6.45, 7) is 3.74. The molecule has 1 aromatic rings. The first kappa shape index (κ1) is 16.3. The van der Waals surface area contributed by atoms with Crippen molar-refractivity contribution in [1.82, 2.24) is 10.2 Å². The quantitative estimate of drug-likeness (QED) is 0.755. The SMILES string of the molecule is O=C(NCCN1CCC[C@H](CO)C1)Nc1ccccc1C1CC1. The largest absolute Gasteiger partial charge is 0.396 e. The summed E-state index contributed by atoms with van der Waals surface area (Å²) in [4.78, 5) is 14.4. The van der Waals surface area contributed by atoms with Crippen molar-refractivity contribution in [3.63, 3.8) is 0 Å². The molecule has 23 heavy (non-hydrogen) atoms. The number of rotatable bonds is 6. The molecule has 3 rings (SSSR count). The maximum absolute atomic E-state index is 12.1. The van der Waals surface area contributed by atoms with Crippen LogP contribution in [0, 0.1) is 5.92 Å². The third-order valence-electron chi connectivity index (χ3n) is 4.80. The fourth-order valence-corrected chi connectivity index (χ4v) is 3.36. The lowest BCUT2D eigenvalue weighted by Crippen LogP contribution is -2.42. The van der Waals surface area contributed by atoms with Gasteiger partial charge < -0.3 is 20.6 Å². The zero-order chi connectivity index (χ0) is 16.1. The number of nitrogens with zero attached hydrogens (tertiary/aromatic N) is 1. The van der Waals surface area contributed by atoms with Crippen LogP contribution in [0.3, 0.4) is 0 Å². The van der Waals surface area contributed by atoms with E-state index in [2.05, 4.69) is 21.6 Å². The molecule has 1 saturated heterocycles. The monoisotopic (exact) mass is 317 g/mol. The second-order valence-corrected chi connectivity index (χ2v) is 6.73. The van der Waals surface area contributed by atoms with Gasteiger partial charge in [-0.3, -0.25) is 0 Å². The van der Waals surface area contributed by atoms with Gasteiger partial charge in [-0.15, -0.1) is 0 Å². The van der Waals surface area contributed by atoms with Crippen molar-refractivity contribution >= 4 is 11.7 Å². The molecule has 2 amide bonds. The summed E-state index contributed by atoms with van der Waals surface area (Å²) in [7, 11) is 0. The Morgan fingerprint density at radius 3 is 2.87 bits per heavy atom. The Kier molecular flexibility index (Phi) is 5.51. The van der Waals surface area contributed by atoms with Gasteiger partial charge in [0.1, 0.15) is 0 Å². The van der Waals surface area contributed by atoms with E-state index in [1.165, 1.54) is 18.4 Å². The van der Waals surface area contributed by atoms with E-state index in [0.29, 0.717) is 18.4 Å². The van der Waals surface area contributed by atoms with Gasteiger partial charge in [-0.2, -0.15) is 0 Å². The highest BCUT2D eigenvalue weighted by atomic mass is 16.3. The van der Waals surface area contributed by atoms with E-state index >= 15 is 0 Å². The van der Waals surface area contributed by atoms with E-state index in [9.17, 15) is 9.90 Å². The van der Waals surface area contributed by atoms with Gasteiger partial charge in [-0.1, -0.05) is 18.2 Å². The molecule has 2 fully saturated rings. The van der Waals surface area contributed by atoms with Crippen molar-refractivity contribution in [1.29, 1.82) is 0 Å². The van der Waals surface area contributed by atoms with E-state index in [0.717, 1.165) is 38.2 Å². The molecule has 1 heterocycles. The lowest BCUT2D eigenvalue weighted by atomic mass is 9.99. The van der Waals surface area contributed by atoms with Gasteiger partial charge in [-0.25, -0.2) is 4.79 Å². The molecule has 2 aliphatic rings. The average molecular weight is 317 g/mol. The van der Waals surface area contributed by atoms with Crippen LogP contribution in [-0.4, -0.2) is 48.8 Å². The summed E-state index contributed by atoms with van der Waals surface area (Å²) in [6, 6.07) is 7.95. The minimum atomic E-state index is -0.131. The average Bonchev–Trinajstić information content (AvgIpc) is 3.40. The van der Waals surface area contributed by atoms with Crippen molar-refractivity contribution in [2.75, 3.05) is 38.1 Å². The van der Waals surface area contributed by atoms with Crippen LogP contribution in [0.1, 0.15) is 37.2 Å². The molecule has 0 aromatic heterocycles. The fraction of sp³-hybridized carbons (Fsp3) is 0.611. The molecule has 1 atom stereocenters. The minimum absolute atomic E-state index is 0.131. The van der Waals surface area contributed by atoms with Crippen LogP contribution < -0.4 is 10.6 Å². The molecule has 1 aromatic carbocycles. The zero-order valence-electron chi connectivity index (χ0n) is 13.6. The van der Waals surface area contributed by atoms with Gasteiger partial charge in [0.2, 0.25) is 0 Å². The summed E-state index contributed by atoms with van der Waals surface area (Å²) >= 11 is 0. The summed E-state index contributed by atoms with van der Waals surface area (Å²) in [5.41, 5.74) is 2.19. The van der Waals surface area contributed by atoms with Gasteiger partial charge in [0.25, 0.3) is 0 Å². The second kappa shape index (κ2) is 7.79. The van der Waals surface area contributed by atoms with Gasteiger partial charge in [-0.05, 0) is 55.7 Å². The molecular formula is C18H27N3O2. The third kappa shape index (κ3) is 4.69. The summed E-state index contributed by atoms with van der Waals surface area (Å²) in [5, 5.41) is 15.2. The number of hydrogen-bond acceptors (Lipinski definition) is 3. The molecular weight excluding hydrogens is 290 g/mol. The molecule has 5 nitrogen and oxygen atoms in total. The molecule has 1 aliphatic carbocycles. The predicted octanol–water partition coefficient (Wildman–Crippen LogP) is 2.39. The normalized spacial score (nSPS) is 21.9. The number of likely N-dealkylation sites (tertiary alicyclic amines) is 1. The van der Waals surface area contributed by atoms with Crippen LogP contribution >= 0.6 is 0 Å². The Hall–Kier alpha value is -1.59. The first-order chi connectivity index (χ1) is 11.3. The molecule has 0 spiro atoms. The molecule has 3 N–H and O–H groups in total. The van der Waals surface area contributed by atoms with Gasteiger partial charge in [0.05, 0.1) is 0 Å². The predicted molar refractivity (Wildman–Crippen MR) is 91.7 cm³/mol. The van der Waals surface area contributed by atoms with Crippen molar-refractivity contribution < 1.29 is 9.90 Å². The van der Waals surface area contributed by atoms with Gasteiger partial charge in [0, 0.05) is 31.9 Å². The highest BCUT2D eigenvalue weighted by molar-refractivity contribution is 5.90. The summed E-state index contributed by atoms with van der Waals surface area (Å²) in [6.07, 6.45) is 4.69. The number of aliphatic hydroxyl groups excluding tert-OH is 1. The third-order valence-corrected chi connectivity index (χ3v) is 4.80. The van der Waals surface area contributed by atoms with Crippen LogP contribution in [0.4, 0.5) is 10.5 Å². The number of aliphatic hydroxyl groups is 1. The van der Waals surface area contributed by atoms with Crippen molar-refractivity contribution in [2.45, 2.75) is 31.6 Å². The molecule has 1 aliphatic heterocycles. The number of para-hydroxylation sites is 1. The van der Waals surface area contributed by atoms with Crippen LogP contribution in [0.15, 0.2) is 24.3 Å². The molecule has 0 unspecified atom stereocenters. The molecule has 5 heteroatoms. The van der Waals surface area contributed by atoms with Crippen LogP contribution in [0.5, 0.6) is 0 Å². The van der Waals surface area contributed by atoms with Gasteiger partial charge >= 0.3 is 6.03 Å². The first-order valence-electron chi connectivity index (χ1n) is 8.73. The zero-order valence-corrected chi connectivity index (χ0v) is 13.6. The number of carbonyl (C=O) groups excluding carboxylic acids is 1. The highest BCUT2D eigenvalue weighted by Crippen LogP contribution is 2.43. The minimum Gasteiger partial charge on any atom is -0.396 e. The highest BCUT2D eigenvalue weighted by Gasteiger charge is 2.26. The Balaban J connectivity index is 1.41. The van der Waals surface area contributed by atoms with Crippen LogP contribution in [0.2, 0.25) is 0 Å². The lowest BCUT2D eigenvalue weighted by Gasteiger charge is -2.31. The maximum Gasteiger partial charge on any atom is 0.319 e.